The first-order chi connectivity index (χ1) is 6.90. The quantitative estimate of drug-likeness (QED) is 0.648. The second kappa shape index (κ2) is 7.50. The molecule has 15 heavy (non-hydrogen) atoms. The highest BCUT2D eigenvalue weighted by Gasteiger charge is 2.19. The van der Waals surface area contributed by atoms with Crippen LogP contribution in [0.5, 0.6) is 0 Å². The molecule has 0 aromatic heterocycles. The molecule has 0 saturated heterocycles. The van der Waals surface area contributed by atoms with Crippen LogP contribution in [0.1, 0.15) is 52.2 Å². The SMILES string of the molecule is C.CC.CCCC1Cc2ccccc2C1. The van der Waals surface area contributed by atoms with Crippen molar-refractivity contribution in [1.82, 2.24) is 0 Å². The van der Waals surface area contributed by atoms with E-state index in [1.165, 1.54) is 25.7 Å². The molecule has 0 heteroatoms. The van der Waals surface area contributed by atoms with Crippen molar-refractivity contribution in [3.05, 3.63) is 35.4 Å². The van der Waals surface area contributed by atoms with Gasteiger partial charge in [-0.2, -0.15) is 0 Å². The van der Waals surface area contributed by atoms with Gasteiger partial charge in [0.25, 0.3) is 0 Å². The average molecular weight is 206 g/mol. The van der Waals surface area contributed by atoms with E-state index in [0.29, 0.717) is 0 Å². The normalized spacial score (nSPS) is 13.5. The Morgan fingerprint density at radius 3 is 1.93 bits per heavy atom. The molecule has 0 amide bonds. The van der Waals surface area contributed by atoms with Crippen molar-refractivity contribution >= 4 is 0 Å². The number of benzene rings is 1. The molecule has 0 nitrogen and oxygen atoms in total. The van der Waals surface area contributed by atoms with E-state index < -0.39 is 0 Å². The molecular formula is C15H26. The molecule has 0 fully saturated rings. The first-order valence-electron chi connectivity index (χ1n) is 5.97. The zero-order valence-electron chi connectivity index (χ0n) is 9.72. The first kappa shape index (κ1) is 14.2. The van der Waals surface area contributed by atoms with Crippen LogP contribution in [0.25, 0.3) is 0 Å². The summed E-state index contributed by atoms with van der Waals surface area (Å²) in [5, 5.41) is 0. The van der Waals surface area contributed by atoms with Gasteiger partial charge in [0.05, 0.1) is 0 Å². The molecule has 86 valence electrons. The predicted octanol–water partition coefficient (Wildman–Crippen LogP) is 4.86. The summed E-state index contributed by atoms with van der Waals surface area (Å²) in [6.07, 6.45) is 5.38. The second-order valence-corrected chi connectivity index (χ2v) is 3.83. The van der Waals surface area contributed by atoms with Crippen LogP contribution in [-0.2, 0) is 12.8 Å². The van der Waals surface area contributed by atoms with Crippen molar-refractivity contribution < 1.29 is 0 Å². The van der Waals surface area contributed by atoms with Crippen molar-refractivity contribution in [2.45, 2.75) is 53.9 Å². The Kier molecular flexibility index (Phi) is 7.11. The standard InChI is InChI=1S/C12H16.C2H6.CH4/c1-2-5-10-8-11-6-3-4-7-12(11)9-10;1-2;/h3-4,6-7,10H,2,5,8-9H2,1H3;1-2H3;1H4. The van der Waals surface area contributed by atoms with Gasteiger partial charge in [-0.15, -0.1) is 0 Å². The van der Waals surface area contributed by atoms with Crippen LogP contribution in [0.2, 0.25) is 0 Å². The van der Waals surface area contributed by atoms with Crippen LogP contribution < -0.4 is 0 Å². The topological polar surface area (TPSA) is 0 Å². The smallest absolute Gasteiger partial charge is 0.0244 e. The van der Waals surface area contributed by atoms with Gasteiger partial charge in [-0.25, -0.2) is 0 Å². The van der Waals surface area contributed by atoms with Gasteiger partial charge in [0, 0.05) is 0 Å². The molecule has 1 aliphatic rings. The van der Waals surface area contributed by atoms with Crippen molar-refractivity contribution in [2.75, 3.05) is 0 Å². The Bertz CT molecular complexity index is 237. The summed E-state index contributed by atoms with van der Waals surface area (Å²) in [4.78, 5) is 0. The van der Waals surface area contributed by atoms with Gasteiger partial charge in [0.2, 0.25) is 0 Å². The molecule has 1 aliphatic carbocycles. The fraction of sp³-hybridized carbons (Fsp3) is 0.600. The summed E-state index contributed by atoms with van der Waals surface area (Å²) in [6.45, 7) is 6.28. The maximum Gasteiger partial charge on any atom is -0.0244 e. The third-order valence-electron chi connectivity index (χ3n) is 2.83. The lowest BCUT2D eigenvalue weighted by molar-refractivity contribution is 0.507. The Balaban J connectivity index is 0.000000617. The van der Waals surface area contributed by atoms with Gasteiger partial charge in [0.1, 0.15) is 0 Å². The molecule has 0 bridgehead atoms. The summed E-state index contributed by atoms with van der Waals surface area (Å²) >= 11 is 0. The lowest BCUT2D eigenvalue weighted by Crippen LogP contribution is -1.97. The van der Waals surface area contributed by atoms with Crippen LogP contribution in [0.15, 0.2) is 24.3 Å². The predicted molar refractivity (Wildman–Crippen MR) is 70.3 cm³/mol. The zero-order valence-corrected chi connectivity index (χ0v) is 9.72. The van der Waals surface area contributed by atoms with Crippen molar-refractivity contribution in [1.29, 1.82) is 0 Å². The number of hydrogen-bond acceptors (Lipinski definition) is 0. The molecule has 0 aliphatic heterocycles. The third kappa shape index (κ3) is 3.70. The molecule has 1 aromatic rings. The number of hydrogen-bond donors (Lipinski definition) is 0. The lowest BCUT2D eigenvalue weighted by atomic mass is 10.0. The highest BCUT2D eigenvalue weighted by molar-refractivity contribution is 5.31. The van der Waals surface area contributed by atoms with Crippen LogP contribution in [0, 0.1) is 5.92 Å². The summed E-state index contributed by atoms with van der Waals surface area (Å²) < 4.78 is 0. The van der Waals surface area contributed by atoms with E-state index in [4.69, 9.17) is 0 Å². The highest BCUT2D eigenvalue weighted by Crippen LogP contribution is 2.28. The molecule has 0 saturated carbocycles. The minimum Gasteiger partial charge on any atom is -0.0776 e. The van der Waals surface area contributed by atoms with Crippen LogP contribution in [-0.4, -0.2) is 0 Å². The van der Waals surface area contributed by atoms with Gasteiger partial charge in [-0.1, -0.05) is 65.3 Å². The fourth-order valence-electron chi connectivity index (χ4n) is 2.26. The van der Waals surface area contributed by atoms with E-state index in [2.05, 4.69) is 31.2 Å². The van der Waals surface area contributed by atoms with E-state index in [1.807, 2.05) is 13.8 Å². The van der Waals surface area contributed by atoms with Gasteiger partial charge < -0.3 is 0 Å². The summed E-state index contributed by atoms with van der Waals surface area (Å²) in [5.41, 5.74) is 3.19. The van der Waals surface area contributed by atoms with Crippen molar-refractivity contribution in [3.8, 4) is 0 Å². The van der Waals surface area contributed by atoms with Gasteiger partial charge >= 0.3 is 0 Å². The molecule has 0 radical (unpaired) electrons. The second-order valence-electron chi connectivity index (χ2n) is 3.83. The Morgan fingerprint density at radius 1 is 1.07 bits per heavy atom. The van der Waals surface area contributed by atoms with Gasteiger partial charge in [0.15, 0.2) is 0 Å². The van der Waals surface area contributed by atoms with E-state index >= 15 is 0 Å². The molecule has 2 rings (SSSR count). The zero-order chi connectivity index (χ0) is 10.4. The molecular weight excluding hydrogens is 180 g/mol. The van der Waals surface area contributed by atoms with Crippen molar-refractivity contribution in [3.63, 3.8) is 0 Å². The number of fused-ring (bicyclic) bond motifs is 1. The number of rotatable bonds is 2. The van der Waals surface area contributed by atoms with E-state index in [-0.39, 0.29) is 7.43 Å². The molecule has 0 N–H and O–H groups in total. The molecule has 1 aromatic carbocycles. The Hall–Kier alpha value is -0.780. The van der Waals surface area contributed by atoms with E-state index in [1.54, 1.807) is 11.1 Å². The van der Waals surface area contributed by atoms with Crippen LogP contribution in [0.3, 0.4) is 0 Å². The Morgan fingerprint density at radius 2 is 1.53 bits per heavy atom. The summed E-state index contributed by atoms with van der Waals surface area (Å²) in [5.74, 6) is 0.937. The van der Waals surface area contributed by atoms with Crippen LogP contribution >= 0.6 is 0 Å². The summed E-state index contributed by atoms with van der Waals surface area (Å²) in [7, 11) is 0. The van der Waals surface area contributed by atoms with E-state index in [9.17, 15) is 0 Å². The first-order valence-corrected chi connectivity index (χ1v) is 5.97. The minimum atomic E-state index is 0. The van der Waals surface area contributed by atoms with Crippen LogP contribution in [0.4, 0.5) is 0 Å². The van der Waals surface area contributed by atoms with E-state index in [0.717, 1.165) is 5.92 Å². The maximum absolute atomic E-state index is 2.28. The highest BCUT2D eigenvalue weighted by atomic mass is 14.2. The molecule has 0 unspecified atom stereocenters. The lowest BCUT2D eigenvalue weighted by Gasteiger charge is -2.04. The fourth-order valence-corrected chi connectivity index (χ4v) is 2.26. The Labute approximate surface area is 95.7 Å². The minimum absolute atomic E-state index is 0. The average Bonchev–Trinajstić information content (AvgIpc) is 2.63. The molecule has 0 spiro atoms. The largest absolute Gasteiger partial charge is 0.0776 e. The molecule has 0 atom stereocenters. The van der Waals surface area contributed by atoms with Gasteiger partial charge in [-0.05, 0) is 29.9 Å². The molecule has 0 heterocycles. The maximum atomic E-state index is 2.28. The summed E-state index contributed by atoms with van der Waals surface area (Å²) in [6, 6.07) is 8.89. The monoisotopic (exact) mass is 206 g/mol. The third-order valence-corrected chi connectivity index (χ3v) is 2.83. The van der Waals surface area contributed by atoms with Crippen molar-refractivity contribution in [2.24, 2.45) is 5.92 Å². The van der Waals surface area contributed by atoms with Gasteiger partial charge in [-0.3, -0.25) is 0 Å².